The molecule has 1 aliphatic rings. The van der Waals surface area contributed by atoms with Crippen molar-refractivity contribution in [3.8, 4) is 0 Å². The van der Waals surface area contributed by atoms with Crippen molar-refractivity contribution >= 4 is 0 Å². The van der Waals surface area contributed by atoms with Gasteiger partial charge in [-0.15, -0.1) is 6.58 Å². The van der Waals surface area contributed by atoms with Gasteiger partial charge >= 0.3 is 0 Å². The molecule has 1 fully saturated rings. The van der Waals surface area contributed by atoms with Crippen LogP contribution in [0.1, 0.15) is 59.8 Å². The summed E-state index contributed by atoms with van der Waals surface area (Å²) in [6, 6.07) is 0. The van der Waals surface area contributed by atoms with E-state index in [0.29, 0.717) is 5.41 Å². The highest BCUT2D eigenvalue weighted by Gasteiger charge is 2.27. The van der Waals surface area contributed by atoms with Crippen LogP contribution in [-0.4, -0.2) is 0 Å². The molecule has 0 aromatic heterocycles. The fourth-order valence-electron chi connectivity index (χ4n) is 1.95. The Morgan fingerprint density at radius 3 is 2.08 bits per heavy atom. The van der Waals surface area contributed by atoms with Crippen LogP contribution >= 0.6 is 0 Å². The Bertz CT molecular complexity index is 127. The lowest BCUT2D eigenvalue weighted by Crippen LogP contribution is -2.21. The molecule has 78 valence electrons. The van der Waals surface area contributed by atoms with Crippen molar-refractivity contribution in [1.82, 2.24) is 0 Å². The summed E-state index contributed by atoms with van der Waals surface area (Å²) in [5, 5.41) is 0. The average molecular weight is 182 g/mol. The summed E-state index contributed by atoms with van der Waals surface area (Å²) in [6.07, 6.45) is 9.06. The van der Waals surface area contributed by atoms with Crippen molar-refractivity contribution in [3.63, 3.8) is 0 Å². The van der Waals surface area contributed by atoms with E-state index in [0.717, 1.165) is 5.92 Å². The summed E-state index contributed by atoms with van der Waals surface area (Å²) in [4.78, 5) is 0. The van der Waals surface area contributed by atoms with Gasteiger partial charge in [0.25, 0.3) is 0 Å². The third-order valence-electron chi connectivity index (χ3n) is 3.32. The highest BCUT2D eigenvalue weighted by atomic mass is 14.3. The molecule has 0 aliphatic heterocycles. The van der Waals surface area contributed by atoms with E-state index in [1.165, 1.54) is 32.1 Å². The van der Waals surface area contributed by atoms with Gasteiger partial charge in [-0.1, -0.05) is 40.2 Å². The van der Waals surface area contributed by atoms with Crippen LogP contribution in [0.4, 0.5) is 0 Å². The Morgan fingerprint density at radius 2 is 1.77 bits per heavy atom. The monoisotopic (exact) mass is 182 g/mol. The first kappa shape index (κ1) is 12.7. The van der Waals surface area contributed by atoms with Crippen molar-refractivity contribution < 1.29 is 0 Å². The molecule has 0 saturated heterocycles. The van der Waals surface area contributed by atoms with Crippen LogP contribution in [0.15, 0.2) is 12.7 Å². The number of hydrogen-bond donors (Lipinski definition) is 0. The van der Waals surface area contributed by atoms with Gasteiger partial charge in [0.15, 0.2) is 0 Å². The first-order valence-electron chi connectivity index (χ1n) is 5.84. The van der Waals surface area contributed by atoms with Gasteiger partial charge in [-0.2, -0.15) is 0 Å². The smallest absolute Gasteiger partial charge is 0.0149 e. The molecule has 0 heterocycles. The van der Waals surface area contributed by atoms with Gasteiger partial charge in [0.05, 0.1) is 0 Å². The second kappa shape index (κ2) is 6.23. The predicted octanol–water partition coefficient (Wildman–Crippen LogP) is 4.81. The van der Waals surface area contributed by atoms with Gasteiger partial charge in [0.1, 0.15) is 0 Å². The second-order valence-corrected chi connectivity index (χ2v) is 4.21. The maximum Gasteiger partial charge on any atom is -0.0149 e. The Hall–Kier alpha value is -0.260. The molecule has 1 saturated carbocycles. The molecule has 13 heavy (non-hydrogen) atoms. The quantitative estimate of drug-likeness (QED) is 0.538. The molecule has 0 atom stereocenters. The normalized spacial score (nSPS) is 33.1. The lowest BCUT2D eigenvalue weighted by atomic mass is 9.71. The van der Waals surface area contributed by atoms with Gasteiger partial charge in [-0.3, -0.25) is 0 Å². The van der Waals surface area contributed by atoms with Crippen molar-refractivity contribution in [3.05, 3.63) is 12.7 Å². The number of rotatable bonds is 2. The van der Waals surface area contributed by atoms with Gasteiger partial charge in [-0.25, -0.2) is 0 Å². The standard InChI is InChI=1S/C11H20.C2H6/c1-4-10-6-8-11(3,5-2)9-7-10;1-2/h5,10H,2,4,6-9H2,1,3H3;1-2H3. The number of allylic oxidation sites excluding steroid dienone is 1. The number of hydrogen-bond acceptors (Lipinski definition) is 0. The first-order valence-corrected chi connectivity index (χ1v) is 5.84. The van der Waals surface area contributed by atoms with Crippen LogP contribution in [0.3, 0.4) is 0 Å². The predicted molar refractivity (Wildman–Crippen MR) is 61.9 cm³/mol. The van der Waals surface area contributed by atoms with Crippen LogP contribution in [0.2, 0.25) is 0 Å². The second-order valence-electron chi connectivity index (χ2n) is 4.21. The average Bonchev–Trinajstić information content (AvgIpc) is 2.22. The Labute approximate surface area is 84.4 Å². The fraction of sp³-hybridized carbons (Fsp3) is 0.846. The van der Waals surface area contributed by atoms with Gasteiger partial charge < -0.3 is 0 Å². The largest absolute Gasteiger partial charge is 0.103 e. The summed E-state index contributed by atoms with van der Waals surface area (Å²) in [6.45, 7) is 12.6. The highest BCUT2D eigenvalue weighted by molar-refractivity contribution is 4.94. The SMILES string of the molecule is C=CC1(C)CCC(CC)CC1.CC. The fourth-order valence-corrected chi connectivity index (χ4v) is 1.95. The molecule has 0 amide bonds. The van der Waals surface area contributed by atoms with Crippen LogP contribution in [0.25, 0.3) is 0 Å². The molecule has 0 N–H and O–H groups in total. The summed E-state index contributed by atoms with van der Waals surface area (Å²) < 4.78 is 0. The highest BCUT2D eigenvalue weighted by Crippen LogP contribution is 2.40. The van der Waals surface area contributed by atoms with E-state index in [9.17, 15) is 0 Å². The molecular formula is C13H26. The molecule has 0 spiro atoms. The lowest BCUT2D eigenvalue weighted by molar-refractivity contribution is 0.219. The molecular weight excluding hydrogens is 156 g/mol. The van der Waals surface area contributed by atoms with Crippen LogP contribution in [0.5, 0.6) is 0 Å². The zero-order chi connectivity index (χ0) is 10.3. The first-order chi connectivity index (χ1) is 6.20. The van der Waals surface area contributed by atoms with E-state index in [1.54, 1.807) is 0 Å². The summed E-state index contributed by atoms with van der Waals surface area (Å²) >= 11 is 0. The molecule has 0 aromatic carbocycles. The summed E-state index contributed by atoms with van der Waals surface area (Å²) in [7, 11) is 0. The molecule has 1 rings (SSSR count). The van der Waals surface area contributed by atoms with Crippen molar-refractivity contribution in [1.29, 1.82) is 0 Å². The van der Waals surface area contributed by atoms with E-state index in [2.05, 4.69) is 26.5 Å². The van der Waals surface area contributed by atoms with Crippen molar-refractivity contribution in [2.24, 2.45) is 11.3 Å². The molecule has 0 heteroatoms. The molecule has 0 radical (unpaired) electrons. The lowest BCUT2D eigenvalue weighted by Gasteiger charge is -2.34. The van der Waals surface area contributed by atoms with E-state index < -0.39 is 0 Å². The maximum absolute atomic E-state index is 3.91. The minimum Gasteiger partial charge on any atom is -0.103 e. The molecule has 0 bridgehead atoms. The molecule has 0 unspecified atom stereocenters. The van der Waals surface area contributed by atoms with Crippen LogP contribution < -0.4 is 0 Å². The Kier molecular flexibility index (Phi) is 6.11. The van der Waals surface area contributed by atoms with E-state index in [4.69, 9.17) is 0 Å². The minimum atomic E-state index is 0.464. The topological polar surface area (TPSA) is 0 Å². The van der Waals surface area contributed by atoms with Gasteiger partial charge in [0.2, 0.25) is 0 Å². The third-order valence-corrected chi connectivity index (χ3v) is 3.32. The van der Waals surface area contributed by atoms with E-state index >= 15 is 0 Å². The third kappa shape index (κ3) is 3.97. The molecule has 0 nitrogen and oxygen atoms in total. The summed E-state index contributed by atoms with van der Waals surface area (Å²) in [5.74, 6) is 1.00. The Morgan fingerprint density at radius 1 is 1.31 bits per heavy atom. The van der Waals surface area contributed by atoms with E-state index in [-0.39, 0.29) is 0 Å². The Balaban J connectivity index is 0.000000671. The maximum atomic E-state index is 3.91. The van der Waals surface area contributed by atoms with Crippen LogP contribution in [-0.2, 0) is 0 Å². The molecule has 1 aliphatic carbocycles. The van der Waals surface area contributed by atoms with E-state index in [1.807, 2.05) is 13.8 Å². The van der Waals surface area contributed by atoms with Crippen molar-refractivity contribution in [2.75, 3.05) is 0 Å². The van der Waals surface area contributed by atoms with Crippen molar-refractivity contribution in [2.45, 2.75) is 59.8 Å². The zero-order valence-corrected chi connectivity index (χ0v) is 9.90. The van der Waals surface area contributed by atoms with Gasteiger partial charge in [0, 0.05) is 0 Å². The van der Waals surface area contributed by atoms with Crippen LogP contribution in [0, 0.1) is 11.3 Å². The minimum absolute atomic E-state index is 0.464. The zero-order valence-electron chi connectivity index (χ0n) is 9.90. The van der Waals surface area contributed by atoms with Gasteiger partial charge in [-0.05, 0) is 37.0 Å². The molecule has 0 aromatic rings. The summed E-state index contributed by atoms with van der Waals surface area (Å²) in [5.41, 5.74) is 0.464.